The van der Waals surface area contributed by atoms with Crippen LogP contribution < -0.4 is 14.8 Å². The van der Waals surface area contributed by atoms with Crippen molar-refractivity contribution in [3.05, 3.63) is 23.8 Å². The van der Waals surface area contributed by atoms with Crippen molar-refractivity contribution in [2.24, 2.45) is 5.41 Å². The monoisotopic (exact) mass is 263 g/mol. The van der Waals surface area contributed by atoms with Gasteiger partial charge in [-0.05, 0) is 38.1 Å². The Morgan fingerprint density at radius 2 is 2.11 bits per heavy atom. The Bertz CT molecular complexity index is 446. The van der Waals surface area contributed by atoms with E-state index in [9.17, 15) is 0 Å². The maximum atomic E-state index is 6.20. The van der Waals surface area contributed by atoms with E-state index in [-0.39, 0.29) is 11.5 Å². The highest BCUT2D eigenvalue weighted by atomic mass is 16.5. The maximum absolute atomic E-state index is 6.20. The largest absolute Gasteiger partial charge is 0.493 e. The Labute approximate surface area is 116 Å². The molecule has 0 radical (unpaired) electrons. The Hall–Kier alpha value is -1.22. The number of ether oxygens (including phenoxy) is 2. The van der Waals surface area contributed by atoms with Gasteiger partial charge in [-0.25, -0.2) is 0 Å². The molecule has 3 heteroatoms. The van der Waals surface area contributed by atoms with Crippen molar-refractivity contribution in [1.82, 2.24) is 5.32 Å². The quantitative estimate of drug-likeness (QED) is 0.885. The zero-order valence-electron chi connectivity index (χ0n) is 12.6. The molecular weight excluding hydrogens is 238 g/mol. The third-order valence-electron chi connectivity index (χ3n) is 4.68. The molecule has 0 aliphatic heterocycles. The highest BCUT2D eigenvalue weighted by Gasteiger charge is 2.51. The number of aryl methyl sites for hydroxylation is 1. The van der Waals surface area contributed by atoms with Gasteiger partial charge in [-0.15, -0.1) is 0 Å². The van der Waals surface area contributed by atoms with Gasteiger partial charge in [-0.2, -0.15) is 0 Å². The molecule has 2 rings (SSSR count). The third-order valence-corrected chi connectivity index (χ3v) is 4.68. The van der Waals surface area contributed by atoms with Crippen molar-refractivity contribution >= 4 is 0 Å². The Morgan fingerprint density at radius 1 is 1.37 bits per heavy atom. The third kappa shape index (κ3) is 2.44. The number of benzene rings is 1. The molecule has 0 amide bonds. The van der Waals surface area contributed by atoms with Crippen molar-refractivity contribution in [1.29, 1.82) is 0 Å². The summed E-state index contributed by atoms with van der Waals surface area (Å²) < 4.78 is 11.6. The fraction of sp³-hybridized carbons (Fsp3) is 0.625. The summed E-state index contributed by atoms with van der Waals surface area (Å²) in [4.78, 5) is 0. The van der Waals surface area contributed by atoms with Gasteiger partial charge >= 0.3 is 0 Å². The Kier molecular flexibility index (Phi) is 4.04. The SMILES string of the molecule is CCC1(C)C(NC)CC1Oc1ccc(C)cc1OC. The topological polar surface area (TPSA) is 30.5 Å². The lowest BCUT2D eigenvalue weighted by Gasteiger charge is -2.53. The fourth-order valence-electron chi connectivity index (χ4n) is 2.95. The lowest BCUT2D eigenvalue weighted by Crippen LogP contribution is -2.62. The van der Waals surface area contributed by atoms with E-state index in [1.165, 1.54) is 5.56 Å². The van der Waals surface area contributed by atoms with Crippen LogP contribution >= 0.6 is 0 Å². The van der Waals surface area contributed by atoms with Crippen LogP contribution in [-0.4, -0.2) is 26.3 Å². The van der Waals surface area contributed by atoms with Crippen LogP contribution in [0.15, 0.2) is 18.2 Å². The van der Waals surface area contributed by atoms with E-state index in [1.54, 1.807) is 7.11 Å². The number of rotatable bonds is 5. The minimum atomic E-state index is 0.199. The van der Waals surface area contributed by atoms with E-state index < -0.39 is 0 Å². The minimum Gasteiger partial charge on any atom is -0.493 e. The van der Waals surface area contributed by atoms with Crippen LogP contribution in [0.25, 0.3) is 0 Å². The van der Waals surface area contributed by atoms with Crippen molar-refractivity contribution in [2.45, 2.75) is 45.8 Å². The van der Waals surface area contributed by atoms with E-state index in [0.29, 0.717) is 6.04 Å². The lowest BCUT2D eigenvalue weighted by molar-refractivity contribution is -0.0686. The smallest absolute Gasteiger partial charge is 0.161 e. The van der Waals surface area contributed by atoms with Crippen molar-refractivity contribution in [3.8, 4) is 11.5 Å². The van der Waals surface area contributed by atoms with E-state index >= 15 is 0 Å². The molecule has 106 valence electrons. The van der Waals surface area contributed by atoms with E-state index in [2.05, 4.69) is 32.2 Å². The summed E-state index contributed by atoms with van der Waals surface area (Å²) in [6, 6.07) is 6.64. The zero-order valence-corrected chi connectivity index (χ0v) is 12.6. The molecule has 1 aliphatic carbocycles. The standard InChI is InChI=1S/C16H25NO2/c1-6-16(3)14(17-4)10-15(16)19-12-8-7-11(2)9-13(12)18-5/h7-9,14-15,17H,6,10H2,1-5H3. The predicted octanol–water partition coefficient (Wildman–Crippen LogP) is 3.16. The average molecular weight is 263 g/mol. The first-order chi connectivity index (χ1) is 9.05. The lowest BCUT2D eigenvalue weighted by atomic mass is 9.61. The second-order valence-electron chi connectivity index (χ2n) is 5.70. The highest BCUT2D eigenvalue weighted by molar-refractivity contribution is 5.43. The van der Waals surface area contributed by atoms with Gasteiger partial charge in [-0.3, -0.25) is 0 Å². The van der Waals surface area contributed by atoms with E-state index in [0.717, 1.165) is 24.3 Å². The molecule has 1 N–H and O–H groups in total. The van der Waals surface area contributed by atoms with Gasteiger partial charge in [0.2, 0.25) is 0 Å². The minimum absolute atomic E-state index is 0.199. The second kappa shape index (κ2) is 5.41. The van der Waals surface area contributed by atoms with Crippen LogP contribution in [0.1, 0.15) is 32.3 Å². The van der Waals surface area contributed by atoms with Gasteiger partial charge in [0, 0.05) is 17.9 Å². The van der Waals surface area contributed by atoms with Crippen molar-refractivity contribution in [3.63, 3.8) is 0 Å². The van der Waals surface area contributed by atoms with Crippen LogP contribution in [0.2, 0.25) is 0 Å². The van der Waals surface area contributed by atoms with E-state index in [1.807, 2.05) is 19.2 Å². The summed E-state index contributed by atoms with van der Waals surface area (Å²) in [7, 11) is 3.72. The van der Waals surface area contributed by atoms with Crippen LogP contribution in [0, 0.1) is 12.3 Å². The zero-order chi connectivity index (χ0) is 14.0. The van der Waals surface area contributed by atoms with Crippen LogP contribution in [0.4, 0.5) is 0 Å². The first-order valence-corrected chi connectivity index (χ1v) is 7.03. The van der Waals surface area contributed by atoms with Crippen molar-refractivity contribution < 1.29 is 9.47 Å². The van der Waals surface area contributed by atoms with Crippen LogP contribution in [0.5, 0.6) is 11.5 Å². The van der Waals surface area contributed by atoms with Gasteiger partial charge in [0.1, 0.15) is 6.10 Å². The van der Waals surface area contributed by atoms with Crippen LogP contribution in [-0.2, 0) is 0 Å². The number of nitrogens with one attached hydrogen (secondary N) is 1. The van der Waals surface area contributed by atoms with Crippen molar-refractivity contribution in [2.75, 3.05) is 14.2 Å². The second-order valence-corrected chi connectivity index (χ2v) is 5.70. The molecule has 0 spiro atoms. The summed E-state index contributed by atoms with van der Waals surface area (Å²) in [6.07, 6.45) is 2.42. The molecule has 1 saturated carbocycles. The summed E-state index contributed by atoms with van der Waals surface area (Å²) in [6.45, 7) is 6.58. The van der Waals surface area contributed by atoms with Gasteiger partial charge < -0.3 is 14.8 Å². The number of hydrogen-bond donors (Lipinski definition) is 1. The summed E-state index contributed by atoms with van der Waals surface area (Å²) >= 11 is 0. The molecule has 0 bridgehead atoms. The van der Waals surface area contributed by atoms with Gasteiger partial charge in [0.05, 0.1) is 7.11 Å². The van der Waals surface area contributed by atoms with Gasteiger partial charge in [0.25, 0.3) is 0 Å². The first kappa shape index (κ1) is 14.2. The summed E-state index contributed by atoms with van der Waals surface area (Å²) in [5.74, 6) is 1.68. The molecule has 1 aliphatic rings. The summed E-state index contributed by atoms with van der Waals surface area (Å²) in [5, 5.41) is 3.39. The highest BCUT2D eigenvalue weighted by Crippen LogP contribution is 2.47. The predicted molar refractivity (Wildman–Crippen MR) is 78.0 cm³/mol. The maximum Gasteiger partial charge on any atom is 0.161 e. The van der Waals surface area contributed by atoms with Gasteiger partial charge in [0.15, 0.2) is 11.5 Å². The Morgan fingerprint density at radius 3 is 2.68 bits per heavy atom. The molecule has 0 saturated heterocycles. The Balaban J connectivity index is 2.14. The first-order valence-electron chi connectivity index (χ1n) is 7.03. The molecule has 19 heavy (non-hydrogen) atoms. The van der Waals surface area contributed by atoms with Crippen LogP contribution in [0.3, 0.4) is 0 Å². The molecule has 3 unspecified atom stereocenters. The van der Waals surface area contributed by atoms with E-state index in [4.69, 9.17) is 9.47 Å². The molecule has 0 aromatic heterocycles. The molecule has 3 nitrogen and oxygen atoms in total. The molecule has 3 atom stereocenters. The molecule has 0 heterocycles. The average Bonchev–Trinajstić information content (AvgIpc) is 2.42. The number of methoxy groups -OCH3 is 1. The molecule has 1 aromatic carbocycles. The molecule has 1 fully saturated rings. The fourth-order valence-corrected chi connectivity index (χ4v) is 2.95. The summed E-state index contributed by atoms with van der Waals surface area (Å²) in [5.41, 5.74) is 1.38. The number of hydrogen-bond acceptors (Lipinski definition) is 3. The molecular formula is C16H25NO2. The molecule has 1 aromatic rings. The normalized spacial score (nSPS) is 29.7. The van der Waals surface area contributed by atoms with Gasteiger partial charge in [-0.1, -0.05) is 19.9 Å².